The Morgan fingerprint density at radius 3 is 2.62 bits per heavy atom. The van der Waals surface area contributed by atoms with E-state index >= 15 is 0 Å². The van der Waals surface area contributed by atoms with Crippen LogP contribution in [0.25, 0.3) is 0 Å². The van der Waals surface area contributed by atoms with E-state index in [0.29, 0.717) is 5.54 Å². The van der Waals surface area contributed by atoms with E-state index in [1.807, 2.05) is 4.90 Å². The number of piperazine rings is 1. The maximum atomic E-state index is 11.1. The first-order chi connectivity index (χ1) is 5.72. The van der Waals surface area contributed by atoms with Gasteiger partial charge >= 0.3 is 0 Å². The zero-order valence-electron chi connectivity index (χ0n) is 8.01. The first-order valence-corrected chi connectivity index (χ1v) is 4.72. The fourth-order valence-corrected chi connectivity index (χ4v) is 2.16. The molecule has 0 aromatic rings. The molecule has 1 spiro atoms. The summed E-state index contributed by atoms with van der Waals surface area (Å²) in [5.41, 5.74) is 0.309. The van der Waals surface area contributed by atoms with Gasteiger partial charge in [-0.2, -0.15) is 0 Å². The Labute approximate surface area is 85.3 Å². The molecule has 0 aromatic carbocycles. The highest BCUT2D eigenvalue weighted by molar-refractivity contribution is 5.85. The Balaban J connectivity index is 0.000000845. The van der Waals surface area contributed by atoms with Gasteiger partial charge in [-0.25, -0.2) is 0 Å². The molecule has 76 valence electrons. The minimum absolute atomic E-state index is 0. The number of carbonyl (C=O) groups is 1. The van der Waals surface area contributed by atoms with Crippen molar-refractivity contribution in [2.75, 3.05) is 19.6 Å². The minimum Gasteiger partial charge on any atom is -0.340 e. The maximum Gasteiger partial charge on any atom is 0.219 e. The lowest BCUT2D eigenvalue weighted by atomic mass is 9.75. The Hall–Kier alpha value is -0.280. The van der Waals surface area contributed by atoms with Crippen molar-refractivity contribution in [3.63, 3.8) is 0 Å². The summed E-state index contributed by atoms with van der Waals surface area (Å²) in [7, 11) is 0. The van der Waals surface area contributed by atoms with Crippen LogP contribution in [0, 0.1) is 0 Å². The topological polar surface area (TPSA) is 32.3 Å². The van der Waals surface area contributed by atoms with Gasteiger partial charge in [0, 0.05) is 32.1 Å². The molecular weight excluding hydrogens is 188 g/mol. The van der Waals surface area contributed by atoms with Crippen LogP contribution in [0.15, 0.2) is 0 Å². The fraction of sp³-hybridized carbons (Fsp3) is 0.889. The van der Waals surface area contributed by atoms with Crippen molar-refractivity contribution < 1.29 is 4.79 Å². The van der Waals surface area contributed by atoms with Crippen LogP contribution >= 0.6 is 12.4 Å². The molecular formula is C9H17ClN2O. The quantitative estimate of drug-likeness (QED) is 0.633. The monoisotopic (exact) mass is 204 g/mol. The molecule has 2 fully saturated rings. The van der Waals surface area contributed by atoms with Crippen molar-refractivity contribution in [1.29, 1.82) is 0 Å². The first-order valence-electron chi connectivity index (χ1n) is 4.72. The Morgan fingerprint density at radius 1 is 1.46 bits per heavy atom. The number of nitrogens with zero attached hydrogens (tertiary/aromatic N) is 1. The zero-order chi connectivity index (χ0) is 8.60. The molecule has 13 heavy (non-hydrogen) atoms. The molecule has 2 rings (SSSR count). The summed E-state index contributed by atoms with van der Waals surface area (Å²) >= 11 is 0. The number of nitrogens with one attached hydrogen (secondary N) is 1. The second-order valence-electron chi connectivity index (χ2n) is 4.00. The molecule has 0 radical (unpaired) electrons. The molecule has 3 nitrogen and oxygen atoms in total. The zero-order valence-corrected chi connectivity index (χ0v) is 8.82. The lowest BCUT2D eigenvalue weighted by Gasteiger charge is -2.49. The van der Waals surface area contributed by atoms with Crippen molar-refractivity contribution in [2.45, 2.75) is 31.7 Å². The normalized spacial score (nSPS) is 24.8. The van der Waals surface area contributed by atoms with Crippen molar-refractivity contribution in [3.8, 4) is 0 Å². The maximum absolute atomic E-state index is 11.1. The van der Waals surface area contributed by atoms with E-state index in [1.165, 1.54) is 19.3 Å². The third kappa shape index (κ3) is 1.97. The SMILES string of the molecule is CC(=O)N1CCNC2(CCC2)C1.Cl. The largest absolute Gasteiger partial charge is 0.340 e. The standard InChI is InChI=1S/C9H16N2O.ClH/c1-8(12)11-6-5-10-9(7-11)3-2-4-9;/h10H,2-7H2,1H3;1H. The Morgan fingerprint density at radius 2 is 2.15 bits per heavy atom. The highest BCUT2D eigenvalue weighted by atomic mass is 35.5. The van der Waals surface area contributed by atoms with Crippen molar-refractivity contribution in [1.82, 2.24) is 10.2 Å². The van der Waals surface area contributed by atoms with Crippen LogP contribution in [-0.4, -0.2) is 36.0 Å². The van der Waals surface area contributed by atoms with Crippen LogP contribution in [-0.2, 0) is 4.79 Å². The summed E-state index contributed by atoms with van der Waals surface area (Å²) < 4.78 is 0. The number of carbonyl (C=O) groups excluding carboxylic acids is 1. The summed E-state index contributed by atoms with van der Waals surface area (Å²) in [4.78, 5) is 13.1. The van der Waals surface area contributed by atoms with Crippen LogP contribution < -0.4 is 5.32 Å². The molecule has 0 aromatic heterocycles. The molecule has 4 heteroatoms. The molecule has 1 saturated heterocycles. The predicted molar refractivity (Wildman–Crippen MR) is 54.1 cm³/mol. The molecule has 1 aliphatic heterocycles. The smallest absolute Gasteiger partial charge is 0.219 e. The first kappa shape index (κ1) is 10.8. The van der Waals surface area contributed by atoms with Gasteiger partial charge in [0.1, 0.15) is 0 Å². The van der Waals surface area contributed by atoms with Gasteiger partial charge in [-0.1, -0.05) is 0 Å². The molecule has 1 amide bonds. The highest BCUT2D eigenvalue weighted by Gasteiger charge is 2.40. The second-order valence-corrected chi connectivity index (χ2v) is 4.00. The average Bonchev–Trinajstić information content (AvgIpc) is 2.02. The number of hydrogen-bond acceptors (Lipinski definition) is 2. The average molecular weight is 205 g/mol. The van der Waals surface area contributed by atoms with Gasteiger partial charge in [-0.3, -0.25) is 4.79 Å². The van der Waals surface area contributed by atoms with E-state index in [2.05, 4.69) is 5.32 Å². The molecule has 0 unspecified atom stereocenters. The fourth-order valence-electron chi connectivity index (χ4n) is 2.16. The summed E-state index contributed by atoms with van der Waals surface area (Å²) in [6.07, 6.45) is 3.81. The van der Waals surface area contributed by atoms with E-state index in [4.69, 9.17) is 0 Å². The third-order valence-electron chi connectivity index (χ3n) is 3.13. The van der Waals surface area contributed by atoms with E-state index in [9.17, 15) is 4.79 Å². The van der Waals surface area contributed by atoms with Crippen molar-refractivity contribution in [3.05, 3.63) is 0 Å². The van der Waals surface area contributed by atoms with Crippen LogP contribution in [0.1, 0.15) is 26.2 Å². The third-order valence-corrected chi connectivity index (χ3v) is 3.13. The lowest BCUT2D eigenvalue weighted by Crippen LogP contribution is -2.64. The Bertz CT molecular complexity index is 204. The van der Waals surface area contributed by atoms with Gasteiger partial charge < -0.3 is 10.2 Å². The van der Waals surface area contributed by atoms with Crippen LogP contribution in [0.2, 0.25) is 0 Å². The number of hydrogen-bond donors (Lipinski definition) is 1. The number of halogens is 1. The van der Waals surface area contributed by atoms with Gasteiger partial charge in [0.2, 0.25) is 5.91 Å². The van der Waals surface area contributed by atoms with E-state index < -0.39 is 0 Å². The van der Waals surface area contributed by atoms with Gasteiger partial charge in [0.25, 0.3) is 0 Å². The molecule has 1 saturated carbocycles. The molecule has 0 bridgehead atoms. The van der Waals surface area contributed by atoms with Crippen molar-refractivity contribution in [2.24, 2.45) is 0 Å². The van der Waals surface area contributed by atoms with Crippen LogP contribution in [0.4, 0.5) is 0 Å². The van der Waals surface area contributed by atoms with E-state index in [-0.39, 0.29) is 18.3 Å². The lowest BCUT2D eigenvalue weighted by molar-refractivity contribution is -0.132. The molecule has 0 atom stereocenters. The van der Waals surface area contributed by atoms with E-state index in [1.54, 1.807) is 6.92 Å². The highest BCUT2D eigenvalue weighted by Crippen LogP contribution is 2.33. The predicted octanol–water partition coefficient (Wildman–Crippen LogP) is 0.783. The van der Waals surface area contributed by atoms with Gasteiger partial charge in [-0.05, 0) is 19.3 Å². The molecule has 2 aliphatic rings. The summed E-state index contributed by atoms with van der Waals surface area (Å²) in [5.74, 6) is 0.225. The van der Waals surface area contributed by atoms with Crippen molar-refractivity contribution >= 4 is 18.3 Å². The Kier molecular flexibility index (Phi) is 3.19. The molecule has 1 heterocycles. The molecule has 1 N–H and O–H groups in total. The summed E-state index contributed by atoms with van der Waals surface area (Å²) in [6, 6.07) is 0. The van der Waals surface area contributed by atoms with Crippen LogP contribution in [0.3, 0.4) is 0 Å². The number of amides is 1. The van der Waals surface area contributed by atoms with Crippen LogP contribution in [0.5, 0.6) is 0 Å². The van der Waals surface area contributed by atoms with Gasteiger partial charge in [0.15, 0.2) is 0 Å². The molecule has 1 aliphatic carbocycles. The van der Waals surface area contributed by atoms with Gasteiger partial charge in [-0.15, -0.1) is 12.4 Å². The number of rotatable bonds is 0. The second kappa shape index (κ2) is 3.84. The van der Waals surface area contributed by atoms with E-state index in [0.717, 1.165) is 19.6 Å². The summed E-state index contributed by atoms with van der Waals surface area (Å²) in [5, 5.41) is 3.52. The van der Waals surface area contributed by atoms with Gasteiger partial charge in [0.05, 0.1) is 0 Å². The minimum atomic E-state index is 0. The summed E-state index contributed by atoms with van der Waals surface area (Å²) in [6.45, 7) is 4.46.